The van der Waals surface area contributed by atoms with Crippen molar-refractivity contribution in [2.24, 2.45) is 0 Å². The number of aromatic nitrogens is 4. The molecule has 0 aliphatic carbocycles. The van der Waals surface area contributed by atoms with E-state index in [1.54, 1.807) is 31.4 Å². The number of methoxy groups -OCH3 is 1. The molecule has 0 saturated heterocycles. The fourth-order valence-corrected chi connectivity index (χ4v) is 3.06. The first-order valence-electron chi connectivity index (χ1n) is 7.31. The number of halogens is 1. The quantitative estimate of drug-likeness (QED) is 0.563. The van der Waals surface area contributed by atoms with Crippen LogP contribution in [0.1, 0.15) is 5.82 Å². The van der Waals surface area contributed by atoms with E-state index in [-0.39, 0.29) is 5.56 Å². The fraction of sp³-hybridized carbons (Fsp3) is 0.118. The van der Waals surface area contributed by atoms with Gasteiger partial charge in [-0.2, -0.15) is 0 Å². The van der Waals surface area contributed by atoms with Crippen LogP contribution in [0.25, 0.3) is 22.4 Å². The van der Waals surface area contributed by atoms with Gasteiger partial charge in [-0.25, -0.2) is 4.57 Å². The molecule has 0 radical (unpaired) electrons. The molecule has 4 aromatic rings. The van der Waals surface area contributed by atoms with Crippen molar-refractivity contribution in [2.45, 2.75) is 6.92 Å². The number of hydrogen-bond acceptors (Lipinski definition) is 4. The topological polar surface area (TPSA) is 61.4 Å². The third-order valence-electron chi connectivity index (χ3n) is 3.97. The summed E-state index contributed by atoms with van der Waals surface area (Å²) in [7, 11) is 1.55. The zero-order valence-electron chi connectivity index (χ0n) is 13.0. The number of rotatable bonds is 2. The maximum absolute atomic E-state index is 13.1. The van der Waals surface area contributed by atoms with Gasteiger partial charge in [-0.3, -0.25) is 9.20 Å². The van der Waals surface area contributed by atoms with Crippen molar-refractivity contribution in [3.63, 3.8) is 0 Å². The number of nitrogens with zero attached hydrogens (tertiary/aromatic N) is 4. The van der Waals surface area contributed by atoms with Crippen LogP contribution in [0.4, 0.5) is 0 Å². The van der Waals surface area contributed by atoms with Crippen LogP contribution in [0, 0.1) is 6.92 Å². The van der Waals surface area contributed by atoms with Crippen LogP contribution < -0.4 is 10.3 Å². The molecule has 0 saturated carbocycles. The van der Waals surface area contributed by atoms with E-state index in [2.05, 4.69) is 10.2 Å². The van der Waals surface area contributed by atoms with Gasteiger partial charge in [-0.1, -0.05) is 23.7 Å². The van der Waals surface area contributed by atoms with Gasteiger partial charge in [0.15, 0.2) is 0 Å². The Kier molecular flexibility index (Phi) is 3.28. The van der Waals surface area contributed by atoms with Crippen molar-refractivity contribution in [1.29, 1.82) is 0 Å². The first-order chi connectivity index (χ1) is 11.6. The predicted molar refractivity (Wildman–Crippen MR) is 92.4 cm³/mol. The van der Waals surface area contributed by atoms with E-state index >= 15 is 0 Å². The minimum absolute atomic E-state index is 0.203. The highest BCUT2D eigenvalue weighted by atomic mass is 35.5. The molecule has 2 heterocycles. The summed E-state index contributed by atoms with van der Waals surface area (Å²) in [5, 5.41) is 9.38. The van der Waals surface area contributed by atoms with Gasteiger partial charge in [0.1, 0.15) is 11.6 Å². The zero-order chi connectivity index (χ0) is 16.8. The van der Waals surface area contributed by atoms with Crippen molar-refractivity contribution in [2.75, 3.05) is 7.11 Å². The highest BCUT2D eigenvalue weighted by Crippen LogP contribution is 2.27. The summed E-state index contributed by atoms with van der Waals surface area (Å²) in [6.45, 7) is 1.84. The summed E-state index contributed by atoms with van der Waals surface area (Å²) in [6.07, 6.45) is 0. The molecule has 0 fully saturated rings. The predicted octanol–water partition coefficient (Wildman–Crippen LogP) is 3.00. The van der Waals surface area contributed by atoms with Crippen LogP contribution in [-0.4, -0.2) is 26.3 Å². The van der Waals surface area contributed by atoms with Crippen molar-refractivity contribution >= 4 is 28.3 Å². The van der Waals surface area contributed by atoms with Crippen LogP contribution in [0.2, 0.25) is 5.02 Å². The number of para-hydroxylation sites is 1. The van der Waals surface area contributed by atoms with Crippen LogP contribution in [0.5, 0.6) is 5.75 Å². The Labute approximate surface area is 141 Å². The normalized spacial score (nSPS) is 11.3. The largest absolute Gasteiger partial charge is 0.495 e. The lowest BCUT2D eigenvalue weighted by molar-refractivity contribution is 0.413. The number of benzene rings is 2. The molecule has 24 heavy (non-hydrogen) atoms. The molecule has 0 aliphatic heterocycles. The average molecular weight is 341 g/mol. The molecule has 4 rings (SSSR count). The Balaban J connectivity index is 2.26. The molecular formula is C17H13ClN4O2. The summed E-state index contributed by atoms with van der Waals surface area (Å²) in [4.78, 5) is 13.1. The number of hydrogen-bond donors (Lipinski definition) is 0. The summed E-state index contributed by atoms with van der Waals surface area (Å²) in [5.41, 5.74) is 1.08. The Morgan fingerprint density at radius 3 is 2.71 bits per heavy atom. The maximum Gasteiger partial charge on any atom is 0.267 e. The van der Waals surface area contributed by atoms with Gasteiger partial charge >= 0.3 is 0 Å². The number of fused-ring (bicyclic) bond motifs is 3. The highest BCUT2D eigenvalue weighted by Gasteiger charge is 2.18. The van der Waals surface area contributed by atoms with Crippen LogP contribution in [0.15, 0.2) is 47.3 Å². The van der Waals surface area contributed by atoms with Gasteiger partial charge in [-0.05, 0) is 37.3 Å². The summed E-state index contributed by atoms with van der Waals surface area (Å²) in [6, 6.07) is 12.5. The fourth-order valence-electron chi connectivity index (χ4n) is 2.89. The minimum atomic E-state index is -0.203. The Hall–Kier alpha value is -2.86. The summed E-state index contributed by atoms with van der Waals surface area (Å²) in [5.74, 6) is 1.63. The Morgan fingerprint density at radius 1 is 1.12 bits per heavy atom. The monoisotopic (exact) mass is 340 g/mol. The second-order valence-corrected chi connectivity index (χ2v) is 5.79. The molecule has 6 nitrogen and oxygen atoms in total. The first-order valence-corrected chi connectivity index (χ1v) is 7.69. The third kappa shape index (κ3) is 2.00. The van der Waals surface area contributed by atoms with Gasteiger partial charge in [0.2, 0.25) is 5.78 Å². The second kappa shape index (κ2) is 5.35. The van der Waals surface area contributed by atoms with Gasteiger partial charge in [-0.15, -0.1) is 10.2 Å². The molecule has 2 aromatic heterocycles. The van der Waals surface area contributed by atoms with Crippen LogP contribution in [0.3, 0.4) is 0 Å². The Morgan fingerprint density at radius 2 is 1.92 bits per heavy atom. The summed E-state index contributed by atoms with van der Waals surface area (Å²) >= 11 is 6.14. The minimum Gasteiger partial charge on any atom is -0.495 e. The smallest absolute Gasteiger partial charge is 0.267 e. The summed E-state index contributed by atoms with van der Waals surface area (Å²) < 4.78 is 8.73. The molecule has 0 aliphatic rings. The molecule has 120 valence electrons. The van der Waals surface area contributed by atoms with Crippen molar-refractivity contribution in [1.82, 2.24) is 19.2 Å². The second-order valence-electron chi connectivity index (χ2n) is 5.36. The van der Waals surface area contributed by atoms with E-state index in [4.69, 9.17) is 16.3 Å². The van der Waals surface area contributed by atoms with E-state index in [1.807, 2.05) is 29.5 Å². The zero-order valence-corrected chi connectivity index (χ0v) is 13.8. The molecule has 0 atom stereocenters. The highest BCUT2D eigenvalue weighted by molar-refractivity contribution is 6.30. The van der Waals surface area contributed by atoms with E-state index in [0.717, 1.165) is 5.52 Å². The lowest BCUT2D eigenvalue weighted by Gasteiger charge is -2.14. The standard InChI is InChI=1S/C17H13ClN4O2/c1-10-19-20-17-21(10)13-6-4-3-5-12(13)16(23)22(17)14-9-11(18)7-8-15(14)24-2/h3-9H,1-2H3. The third-order valence-corrected chi connectivity index (χ3v) is 4.20. The van der Waals surface area contributed by atoms with Crippen molar-refractivity contribution in [3.8, 4) is 11.4 Å². The molecule has 0 spiro atoms. The van der Waals surface area contributed by atoms with Crippen LogP contribution in [-0.2, 0) is 0 Å². The maximum atomic E-state index is 13.1. The molecule has 0 unspecified atom stereocenters. The molecule has 0 bridgehead atoms. The van der Waals surface area contributed by atoms with Gasteiger partial charge in [0.25, 0.3) is 5.56 Å². The van der Waals surface area contributed by atoms with E-state index in [0.29, 0.717) is 33.4 Å². The SMILES string of the molecule is COc1ccc(Cl)cc1-n1c(=O)c2ccccc2n2c(C)nnc12. The van der Waals surface area contributed by atoms with Crippen LogP contribution >= 0.6 is 11.6 Å². The first kappa shape index (κ1) is 14.7. The average Bonchev–Trinajstić information content (AvgIpc) is 2.97. The van der Waals surface area contributed by atoms with Crippen molar-refractivity contribution in [3.05, 3.63) is 63.7 Å². The molecular weight excluding hydrogens is 328 g/mol. The van der Waals surface area contributed by atoms with Crippen molar-refractivity contribution < 1.29 is 4.74 Å². The number of ether oxygens (including phenoxy) is 1. The molecule has 7 heteroatoms. The Bertz CT molecular complexity index is 1150. The lowest BCUT2D eigenvalue weighted by atomic mass is 10.2. The number of aryl methyl sites for hydroxylation is 1. The van der Waals surface area contributed by atoms with Gasteiger partial charge in [0, 0.05) is 5.02 Å². The van der Waals surface area contributed by atoms with E-state index in [1.165, 1.54) is 4.57 Å². The van der Waals surface area contributed by atoms with Gasteiger partial charge in [0.05, 0.1) is 23.7 Å². The van der Waals surface area contributed by atoms with E-state index in [9.17, 15) is 4.79 Å². The molecule has 0 N–H and O–H groups in total. The lowest BCUT2D eigenvalue weighted by Crippen LogP contribution is -2.22. The molecule has 0 amide bonds. The molecule has 2 aromatic carbocycles. The van der Waals surface area contributed by atoms with Gasteiger partial charge < -0.3 is 4.74 Å². The van der Waals surface area contributed by atoms with E-state index < -0.39 is 0 Å².